The van der Waals surface area contributed by atoms with Gasteiger partial charge >= 0.3 is 0 Å². The lowest BCUT2D eigenvalue weighted by Gasteiger charge is -2.08. The van der Waals surface area contributed by atoms with Crippen LogP contribution < -0.4 is 10.6 Å². The zero-order chi connectivity index (χ0) is 20.6. The Balaban J connectivity index is -0.000000397. The maximum absolute atomic E-state index is 12.8. The average molecular weight is 383 g/mol. The van der Waals surface area contributed by atoms with E-state index in [0.29, 0.717) is 26.2 Å². The average Bonchev–Trinajstić information content (AvgIpc) is 2.57. The number of alkyl halides is 1. The first-order valence-corrected chi connectivity index (χ1v) is 8.98. The summed E-state index contributed by atoms with van der Waals surface area (Å²) in [5.74, 6) is 0.833. The predicted octanol–water partition coefficient (Wildman–Crippen LogP) is 1.60. The van der Waals surface area contributed by atoms with Crippen molar-refractivity contribution in [1.29, 1.82) is 0 Å². The standard InChI is InChI=1S/C9H19FN2O3.C5H10O2.C4H10/c1-11-2-3-14-4-5-15-7-9(10)6-12-8-13;1-5(2)7-4-3-6;1-4(2)3/h8-9,11H,2-7H2,1H3,(H,12,13);3,5H,4H2,1-2H3;4H,1-3H3. The predicted molar refractivity (Wildman–Crippen MR) is 102 cm³/mol. The molecule has 0 fully saturated rings. The zero-order valence-electron chi connectivity index (χ0n) is 17.3. The van der Waals surface area contributed by atoms with E-state index in [0.717, 1.165) is 18.7 Å². The summed E-state index contributed by atoms with van der Waals surface area (Å²) < 4.78 is 27.8. The third kappa shape index (κ3) is 43.4. The van der Waals surface area contributed by atoms with Gasteiger partial charge in [0.05, 0.1) is 39.1 Å². The van der Waals surface area contributed by atoms with Crippen LogP contribution in [0.25, 0.3) is 0 Å². The molecule has 0 aromatic rings. The fraction of sp³-hybridized carbons (Fsp3) is 0.889. The van der Waals surface area contributed by atoms with Crippen LogP contribution in [0.1, 0.15) is 34.6 Å². The summed E-state index contributed by atoms with van der Waals surface area (Å²) in [6.45, 7) is 12.7. The molecule has 1 atom stereocenters. The normalized spacial score (nSPS) is 11.1. The molecule has 0 bridgehead atoms. The number of carbonyl (C=O) groups is 2. The van der Waals surface area contributed by atoms with E-state index in [9.17, 15) is 14.0 Å². The van der Waals surface area contributed by atoms with E-state index in [1.165, 1.54) is 0 Å². The molecule has 0 aromatic heterocycles. The van der Waals surface area contributed by atoms with E-state index in [1.54, 1.807) is 0 Å². The van der Waals surface area contributed by atoms with Crippen LogP contribution in [0.3, 0.4) is 0 Å². The Morgan fingerprint density at radius 2 is 1.58 bits per heavy atom. The molecule has 0 aliphatic rings. The number of carbonyl (C=O) groups excluding carboxylic acids is 2. The first-order chi connectivity index (χ1) is 12.3. The first-order valence-electron chi connectivity index (χ1n) is 8.98. The maximum Gasteiger partial charge on any atom is 0.207 e. The third-order valence-electron chi connectivity index (χ3n) is 2.09. The largest absolute Gasteiger partial charge is 0.378 e. The highest BCUT2D eigenvalue weighted by molar-refractivity contribution is 5.50. The summed E-state index contributed by atoms with van der Waals surface area (Å²) in [4.78, 5) is 19.4. The third-order valence-corrected chi connectivity index (χ3v) is 2.09. The van der Waals surface area contributed by atoms with Crippen molar-refractivity contribution in [2.75, 3.05) is 53.2 Å². The SMILES string of the molecule is CC(C)C.CC(C)OCC=O.CNCCOCCOCC(F)CNC=O. The van der Waals surface area contributed by atoms with E-state index in [4.69, 9.17) is 14.2 Å². The summed E-state index contributed by atoms with van der Waals surface area (Å²) in [5.41, 5.74) is 0. The topological polar surface area (TPSA) is 85.9 Å². The first kappa shape index (κ1) is 29.7. The lowest BCUT2D eigenvalue weighted by molar-refractivity contribution is -0.113. The van der Waals surface area contributed by atoms with Gasteiger partial charge in [-0.3, -0.25) is 4.79 Å². The number of likely N-dealkylation sites (N-methyl/N-ethyl adjacent to an activating group) is 1. The quantitative estimate of drug-likeness (QED) is 0.351. The van der Waals surface area contributed by atoms with E-state index >= 15 is 0 Å². The Bertz CT molecular complexity index is 280. The van der Waals surface area contributed by atoms with Crippen LogP contribution in [0.4, 0.5) is 4.39 Å². The van der Waals surface area contributed by atoms with Crippen molar-refractivity contribution in [1.82, 2.24) is 10.6 Å². The van der Waals surface area contributed by atoms with Gasteiger partial charge < -0.3 is 29.6 Å². The Morgan fingerprint density at radius 3 is 2.00 bits per heavy atom. The molecule has 0 saturated carbocycles. The Labute approximate surface area is 158 Å². The summed E-state index contributed by atoms with van der Waals surface area (Å²) in [6.07, 6.45) is 0.227. The molecule has 0 radical (unpaired) electrons. The van der Waals surface area contributed by atoms with Gasteiger partial charge in [-0.05, 0) is 26.8 Å². The van der Waals surface area contributed by atoms with E-state index < -0.39 is 6.17 Å². The smallest absolute Gasteiger partial charge is 0.207 e. The van der Waals surface area contributed by atoms with Crippen LogP contribution in [-0.2, 0) is 23.8 Å². The van der Waals surface area contributed by atoms with Crippen molar-refractivity contribution in [3.63, 3.8) is 0 Å². The van der Waals surface area contributed by atoms with Gasteiger partial charge in [-0.2, -0.15) is 0 Å². The molecule has 0 aliphatic heterocycles. The number of hydrogen-bond donors (Lipinski definition) is 2. The summed E-state index contributed by atoms with van der Waals surface area (Å²) >= 11 is 0. The number of halogens is 1. The van der Waals surface area contributed by atoms with Gasteiger partial charge in [0.15, 0.2) is 0 Å². The monoisotopic (exact) mass is 382 g/mol. The second-order valence-electron chi connectivity index (χ2n) is 6.20. The summed E-state index contributed by atoms with van der Waals surface area (Å²) in [6, 6.07) is 0. The second-order valence-corrected chi connectivity index (χ2v) is 6.20. The molecule has 0 rings (SSSR count). The highest BCUT2D eigenvalue weighted by Gasteiger charge is 2.04. The van der Waals surface area contributed by atoms with Crippen LogP contribution in [0, 0.1) is 5.92 Å². The van der Waals surface area contributed by atoms with Crippen molar-refractivity contribution in [3.05, 3.63) is 0 Å². The molecular formula is C18H39FN2O5. The number of hydrogen-bond acceptors (Lipinski definition) is 6. The van der Waals surface area contributed by atoms with Gasteiger partial charge in [0.1, 0.15) is 19.1 Å². The van der Waals surface area contributed by atoms with Gasteiger partial charge in [-0.25, -0.2) is 4.39 Å². The van der Waals surface area contributed by atoms with Gasteiger partial charge in [0.25, 0.3) is 0 Å². The van der Waals surface area contributed by atoms with Crippen molar-refractivity contribution in [2.24, 2.45) is 5.92 Å². The Hall–Kier alpha value is -1.09. The molecule has 0 aliphatic carbocycles. The number of nitrogens with one attached hydrogen (secondary N) is 2. The molecule has 8 heteroatoms. The van der Waals surface area contributed by atoms with Gasteiger partial charge in [-0.15, -0.1) is 0 Å². The van der Waals surface area contributed by atoms with Crippen LogP contribution in [0.5, 0.6) is 0 Å². The van der Waals surface area contributed by atoms with E-state index in [1.807, 2.05) is 20.9 Å². The fourth-order valence-corrected chi connectivity index (χ4v) is 1.07. The fourth-order valence-electron chi connectivity index (χ4n) is 1.07. The molecule has 2 N–H and O–H groups in total. The lowest BCUT2D eigenvalue weighted by Crippen LogP contribution is -2.26. The van der Waals surface area contributed by atoms with Crippen molar-refractivity contribution in [3.8, 4) is 0 Å². The minimum atomic E-state index is -1.16. The minimum absolute atomic E-state index is 0.00981. The number of rotatable bonds is 14. The van der Waals surface area contributed by atoms with Gasteiger partial charge in [-0.1, -0.05) is 20.8 Å². The molecule has 1 unspecified atom stereocenters. The van der Waals surface area contributed by atoms with E-state index in [2.05, 4.69) is 31.4 Å². The van der Waals surface area contributed by atoms with Crippen molar-refractivity contribution >= 4 is 12.7 Å². The van der Waals surface area contributed by atoms with Crippen LogP contribution >= 0.6 is 0 Å². The highest BCUT2D eigenvalue weighted by atomic mass is 19.1. The second kappa shape index (κ2) is 26.1. The van der Waals surface area contributed by atoms with Gasteiger partial charge in [0.2, 0.25) is 6.41 Å². The summed E-state index contributed by atoms with van der Waals surface area (Å²) in [7, 11) is 1.84. The highest BCUT2D eigenvalue weighted by Crippen LogP contribution is 1.90. The zero-order valence-corrected chi connectivity index (χ0v) is 17.3. The summed E-state index contributed by atoms with van der Waals surface area (Å²) in [5, 5.41) is 5.17. The number of amides is 1. The van der Waals surface area contributed by atoms with Crippen molar-refractivity contribution < 1.29 is 28.2 Å². The maximum atomic E-state index is 12.8. The van der Waals surface area contributed by atoms with Crippen molar-refractivity contribution in [2.45, 2.75) is 46.9 Å². The molecular weight excluding hydrogens is 343 g/mol. The molecule has 7 nitrogen and oxygen atoms in total. The Kier molecular flexibility index (Phi) is 29.8. The van der Waals surface area contributed by atoms with Gasteiger partial charge in [0, 0.05) is 6.54 Å². The number of ether oxygens (including phenoxy) is 3. The molecule has 26 heavy (non-hydrogen) atoms. The van der Waals surface area contributed by atoms with E-state index in [-0.39, 0.29) is 25.9 Å². The molecule has 0 aromatic carbocycles. The molecule has 0 heterocycles. The molecule has 0 spiro atoms. The molecule has 0 saturated heterocycles. The lowest BCUT2D eigenvalue weighted by atomic mass is 10.3. The minimum Gasteiger partial charge on any atom is -0.378 e. The molecule has 1 amide bonds. The van der Waals surface area contributed by atoms with Crippen LogP contribution in [0.15, 0.2) is 0 Å². The number of aldehydes is 1. The van der Waals surface area contributed by atoms with Crippen LogP contribution in [-0.4, -0.2) is 78.1 Å². The molecule has 158 valence electrons. The van der Waals surface area contributed by atoms with Crippen LogP contribution in [0.2, 0.25) is 0 Å². The Morgan fingerprint density at radius 1 is 1.00 bits per heavy atom.